The number of likely N-dealkylation sites (tertiary alicyclic amines) is 1. The summed E-state index contributed by atoms with van der Waals surface area (Å²) in [5, 5.41) is 2.38. The van der Waals surface area contributed by atoms with E-state index in [2.05, 4.69) is 5.32 Å². The number of nitrogens with zero attached hydrogens (tertiary/aromatic N) is 1. The Morgan fingerprint density at radius 2 is 1.62 bits per heavy atom. The lowest BCUT2D eigenvalue weighted by atomic mass is 9.74. The summed E-state index contributed by atoms with van der Waals surface area (Å²) in [6.45, 7) is 7.79. The van der Waals surface area contributed by atoms with Crippen LogP contribution in [0.4, 0.5) is 9.18 Å². The molecule has 158 valence electrons. The first-order chi connectivity index (χ1) is 13.4. The predicted octanol–water partition coefficient (Wildman–Crippen LogP) is 3.58. The largest absolute Gasteiger partial charge is 0.444 e. The van der Waals surface area contributed by atoms with Crippen LogP contribution in [-0.2, 0) is 25.4 Å². The predicted molar refractivity (Wildman–Crippen MR) is 106 cm³/mol. The number of piperidine rings is 2. The standard InChI is InChI=1S/C22H29FN2O4/c1-20(2,3)29-19(28)25-13-11-22(23,12-14-25)16-7-5-15(6-8-16)21(4)10-9-17(26)24-18(21)27/h5-8H,9-14H2,1-4H3,(H,24,26,27). The minimum Gasteiger partial charge on any atom is -0.444 e. The maximum atomic E-state index is 15.6. The Kier molecular flexibility index (Phi) is 5.45. The van der Waals surface area contributed by atoms with Crippen LogP contribution in [0.3, 0.4) is 0 Å². The molecule has 1 N–H and O–H groups in total. The molecule has 2 aliphatic rings. The van der Waals surface area contributed by atoms with E-state index in [1.54, 1.807) is 56.9 Å². The first-order valence-corrected chi connectivity index (χ1v) is 10.1. The topological polar surface area (TPSA) is 75.7 Å². The minimum absolute atomic E-state index is 0.192. The highest BCUT2D eigenvalue weighted by molar-refractivity contribution is 6.03. The second kappa shape index (κ2) is 7.43. The molecule has 1 unspecified atom stereocenters. The second-order valence-corrected chi connectivity index (χ2v) is 9.22. The monoisotopic (exact) mass is 404 g/mol. The number of imide groups is 1. The van der Waals surface area contributed by atoms with Gasteiger partial charge in [0.15, 0.2) is 0 Å². The number of benzene rings is 1. The highest BCUT2D eigenvalue weighted by Gasteiger charge is 2.41. The summed E-state index contributed by atoms with van der Waals surface area (Å²) >= 11 is 0. The Bertz CT molecular complexity index is 807. The zero-order valence-electron chi connectivity index (χ0n) is 17.5. The second-order valence-electron chi connectivity index (χ2n) is 9.22. The van der Waals surface area contributed by atoms with Gasteiger partial charge in [0.05, 0.1) is 5.41 Å². The molecule has 2 heterocycles. The van der Waals surface area contributed by atoms with E-state index in [-0.39, 0.29) is 44.2 Å². The molecule has 6 nitrogen and oxygen atoms in total. The van der Waals surface area contributed by atoms with Crippen molar-refractivity contribution in [3.8, 4) is 0 Å². The third-order valence-electron chi connectivity index (χ3n) is 5.85. The summed E-state index contributed by atoms with van der Waals surface area (Å²) in [4.78, 5) is 37.5. The van der Waals surface area contributed by atoms with Crippen LogP contribution in [0, 0.1) is 0 Å². The van der Waals surface area contributed by atoms with E-state index >= 15 is 4.39 Å². The number of carbonyl (C=O) groups excluding carboxylic acids is 3. The summed E-state index contributed by atoms with van der Waals surface area (Å²) in [5.74, 6) is -0.578. The van der Waals surface area contributed by atoms with Gasteiger partial charge in [-0.2, -0.15) is 0 Å². The number of amides is 3. The van der Waals surface area contributed by atoms with Crippen molar-refractivity contribution < 1.29 is 23.5 Å². The molecule has 0 aromatic heterocycles. The molecular weight excluding hydrogens is 375 g/mol. The molecule has 2 saturated heterocycles. The zero-order valence-corrected chi connectivity index (χ0v) is 17.5. The van der Waals surface area contributed by atoms with Gasteiger partial charge in [-0.1, -0.05) is 24.3 Å². The van der Waals surface area contributed by atoms with Crippen molar-refractivity contribution in [2.45, 2.75) is 70.1 Å². The minimum atomic E-state index is -1.53. The molecule has 1 atom stereocenters. The van der Waals surface area contributed by atoms with Crippen molar-refractivity contribution in [2.75, 3.05) is 13.1 Å². The molecule has 1 aromatic rings. The summed E-state index contributed by atoms with van der Waals surface area (Å²) in [7, 11) is 0. The van der Waals surface area contributed by atoms with E-state index in [0.29, 0.717) is 12.0 Å². The van der Waals surface area contributed by atoms with Crippen LogP contribution in [-0.4, -0.2) is 41.5 Å². The molecule has 7 heteroatoms. The normalized spacial score (nSPS) is 24.8. The van der Waals surface area contributed by atoms with Gasteiger partial charge in [0.1, 0.15) is 11.3 Å². The molecule has 3 amide bonds. The van der Waals surface area contributed by atoms with E-state index in [4.69, 9.17) is 4.74 Å². The average molecular weight is 404 g/mol. The smallest absolute Gasteiger partial charge is 0.410 e. The van der Waals surface area contributed by atoms with E-state index in [1.165, 1.54) is 0 Å². The lowest BCUT2D eigenvalue weighted by Gasteiger charge is -2.37. The number of halogens is 1. The van der Waals surface area contributed by atoms with Crippen molar-refractivity contribution in [2.24, 2.45) is 0 Å². The molecule has 2 aliphatic heterocycles. The molecular formula is C22H29FN2O4. The summed E-state index contributed by atoms with van der Waals surface area (Å²) in [6, 6.07) is 6.97. The van der Waals surface area contributed by atoms with Crippen molar-refractivity contribution in [1.29, 1.82) is 0 Å². The Morgan fingerprint density at radius 3 is 2.14 bits per heavy atom. The number of carbonyl (C=O) groups is 3. The van der Waals surface area contributed by atoms with Crippen LogP contribution in [0.2, 0.25) is 0 Å². The zero-order chi connectivity index (χ0) is 21.4. The number of hydrogen-bond donors (Lipinski definition) is 1. The highest BCUT2D eigenvalue weighted by atomic mass is 19.1. The number of nitrogens with one attached hydrogen (secondary N) is 1. The maximum Gasteiger partial charge on any atom is 0.410 e. The van der Waals surface area contributed by atoms with E-state index in [1.807, 2.05) is 0 Å². The van der Waals surface area contributed by atoms with Crippen molar-refractivity contribution in [3.63, 3.8) is 0 Å². The third-order valence-corrected chi connectivity index (χ3v) is 5.85. The summed E-state index contributed by atoms with van der Waals surface area (Å²) in [5.41, 5.74) is -1.59. The van der Waals surface area contributed by atoms with Gasteiger partial charge < -0.3 is 9.64 Å². The van der Waals surface area contributed by atoms with Crippen LogP contribution >= 0.6 is 0 Å². The Balaban J connectivity index is 1.68. The van der Waals surface area contributed by atoms with Gasteiger partial charge in [0.25, 0.3) is 0 Å². The van der Waals surface area contributed by atoms with Gasteiger partial charge in [-0.3, -0.25) is 14.9 Å². The van der Waals surface area contributed by atoms with Gasteiger partial charge in [-0.15, -0.1) is 0 Å². The molecule has 0 spiro atoms. The molecule has 0 saturated carbocycles. The summed E-state index contributed by atoms with van der Waals surface area (Å²) < 4.78 is 20.9. The van der Waals surface area contributed by atoms with Gasteiger partial charge in [-0.05, 0) is 45.2 Å². The van der Waals surface area contributed by atoms with Crippen LogP contribution in [0.5, 0.6) is 0 Å². The van der Waals surface area contributed by atoms with E-state index in [0.717, 1.165) is 5.56 Å². The van der Waals surface area contributed by atoms with Gasteiger partial charge in [0.2, 0.25) is 11.8 Å². The molecule has 3 rings (SSSR count). The molecule has 29 heavy (non-hydrogen) atoms. The lowest BCUT2D eigenvalue weighted by Crippen LogP contribution is -2.49. The van der Waals surface area contributed by atoms with E-state index < -0.39 is 22.8 Å². The molecule has 0 bridgehead atoms. The van der Waals surface area contributed by atoms with Crippen LogP contribution in [0.1, 0.15) is 64.5 Å². The fourth-order valence-corrected chi connectivity index (χ4v) is 3.88. The van der Waals surface area contributed by atoms with Crippen LogP contribution in [0.15, 0.2) is 24.3 Å². The Hall–Kier alpha value is -2.44. The number of ether oxygens (including phenoxy) is 1. The molecule has 0 radical (unpaired) electrons. The molecule has 1 aromatic carbocycles. The van der Waals surface area contributed by atoms with Gasteiger partial charge in [-0.25, -0.2) is 9.18 Å². The number of hydrogen-bond acceptors (Lipinski definition) is 4. The van der Waals surface area contributed by atoms with Gasteiger partial charge in [0, 0.05) is 32.4 Å². The first-order valence-electron chi connectivity index (χ1n) is 10.1. The Morgan fingerprint density at radius 1 is 1.07 bits per heavy atom. The fourth-order valence-electron chi connectivity index (χ4n) is 3.88. The number of alkyl halides is 1. The summed E-state index contributed by atoms with van der Waals surface area (Å²) in [6.07, 6.45) is 0.691. The van der Waals surface area contributed by atoms with Crippen molar-refractivity contribution in [1.82, 2.24) is 10.2 Å². The quantitative estimate of drug-likeness (QED) is 0.765. The average Bonchev–Trinajstić information content (AvgIpc) is 2.64. The SMILES string of the molecule is CC(C)(C)OC(=O)N1CCC(F)(c2ccc(C3(C)CCC(=O)NC3=O)cc2)CC1. The van der Waals surface area contributed by atoms with Crippen LogP contribution < -0.4 is 5.32 Å². The maximum absolute atomic E-state index is 15.6. The third kappa shape index (κ3) is 4.43. The fraction of sp³-hybridized carbons (Fsp3) is 0.591. The Labute approximate surface area is 170 Å². The first kappa shape index (κ1) is 21.3. The molecule has 0 aliphatic carbocycles. The number of rotatable bonds is 2. The van der Waals surface area contributed by atoms with Crippen LogP contribution in [0.25, 0.3) is 0 Å². The van der Waals surface area contributed by atoms with Crippen molar-refractivity contribution >= 4 is 17.9 Å². The lowest BCUT2D eigenvalue weighted by molar-refractivity contribution is -0.137. The van der Waals surface area contributed by atoms with Crippen molar-refractivity contribution in [3.05, 3.63) is 35.4 Å². The van der Waals surface area contributed by atoms with E-state index in [9.17, 15) is 14.4 Å². The molecule has 2 fully saturated rings. The highest BCUT2D eigenvalue weighted by Crippen LogP contribution is 2.39. The van der Waals surface area contributed by atoms with Gasteiger partial charge >= 0.3 is 6.09 Å².